The van der Waals surface area contributed by atoms with Gasteiger partial charge in [0.15, 0.2) is 0 Å². The summed E-state index contributed by atoms with van der Waals surface area (Å²) in [5.74, 6) is 0. The van der Waals surface area contributed by atoms with E-state index in [9.17, 15) is 4.79 Å². The number of nitrogens with zero attached hydrogens (tertiary/aromatic N) is 1. The minimum absolute atomic E-state index is 0.0935. The molecule has 0 saturated carbocycles. The second-order valence-electron chi connectivity index (χ2n) is 4.60. The van der Waals surface area contributed by atoms with Crippen LogP contribution in [-0.4, -0.2) is 30.7 Å². The van der Waals surface area contributed by atoms with Gasteiger partial charge >= 0.3 is 6.09 Å². The van der Waals surface area contributed by atoms with Crippen LogP contribution in [0.4, 0.5) is 4.79 Å². The lowest BCUT2D eigenvalue weighted by Crippen LogP contribution is -2.44. The van der Waals surface area contributed by atoms with Crippen LogP contribution in [0.25, 0.3) is 0 Å². The fourth-order valence-electron chi connectivity index (χ4n) is 1.82. The lowest BCUT2D eigenvalue weighted by atomic mass is 9.84. The van der Waals surface area contributed by atoms with Crippen LogP contribution in [-0.2, 0) is 4.74 Å². The highest BCUT2D eigenvalue weighted by Gasteiger charge is 2.29. The molecule has 0 aliphatic heterocycles. The molecule has 1 unspecified atom stereocenters. The molecule has 0 rings (SSSR count). The molecule has 0 aliphatic carbocycles. The highest BCUT2D eigenvalue weighted by atomic mass is 16.6. The van der Waals surface area contributed by atoms with Gasteiger partial charge in [0.1, 0.15) is 0 Å². The van der Waals surface area contributed by atoms with Crippen LogP contribution in [0.2, 0.25) is 0 Å². The Hall–Kier alpha value is -0.730. The van der Waals surface area contributed by atoms with Crippen molar-refractivity contribution in [2.24, 2.45) is 5.41 Å². The second kappa shape index (κ2) is 5.23. The van der Waals surface area contributed by atoms with Gasteiger partial charge in [0.25, 0.3) is 0 Å². The van der Waals surface area contributed by atoms with Gasteiger partial charge < -0.3 is 9.64 Å². The number of hydrogen-bond acceptors (Lipinski definition) is 2. The summed E-state index contributed by atoms with van der Waals surface area (Å²) in [5.41, 5.74) is 0.0935. The standard InChI is InChI=1S/C11H23NO2/c1-7-9(11(3,4)5)12(6)10(13)14-8-2/h9H,7-8H2,1-6H3. The Kier molecular flexibility index (Phi) is 4.95. The first kappa shape index (κ1) is 13.3. The minimum Gasteiger partial charge on any atom is -0.450 e. The van der Waals surface area contributed by atoms with E-state index in [1.165, 1.54) is 0 Å². The average Bonchev–Trinajstić information content (AvgIpc) is 2.03. The van der Waals surface area contributed by atoms with Crippen LogP contribution in [0, 0.1) is 5.41 Å². The van der Waals surface area contributed by atoms with Crippen LogP contribution in [0.5, 0.6) is 0 Å². The fraction of sp³-hybridized carbons (Fsp3) is 0.909. The molecular formula is C11H23NO2. The molecule has 0 aromatic heterocycles. The molecule has 14 heavy (non-hydrogen) atoms. The summed E-state index contributed by atoms with van der Waals surface area (Å²) < 4.78 is 4.97. The van der Waals surface area contributed by atoms with E-state index in [1.807, 2.05) is 6.92 Å². The van der Waals surface area contributed by atoms with Crippen molar-refractivity contribution in [3.05, 3.63) is 0 Å². The van der Waals surface area contributed by atoms with Gasteiger partial charge in [-0.25, -0.2) is 4.79 Å². The first-order chi connectivity index (χ1) is 6.34. The molecule has 0 bridgehead atoms. The zero-order valence-electron chi connectivity index (χ0n) is 10.3. The summed E-state index contributed by atoms with van der Waals surface area (Å²) in [5, 5.41) is 0. The van der Waals surface area contributed by atoms with Gasteiger partial charge in [-0.3, -0.25) is 0 Å². The predicted octanol–water partition coefficient (Wildman–Crippen LogP) is 2.90. The van der Waals surface area contributed by atoms with Gasteiger partial charge in [0, 0.05) is 13.1 Å². The number of carbonyl (C=O) groups is 1. The van der Waals surface area contributed by atoms with Crippen LogP contribution in [0.3, 0.4) is 0 Å². The highest BCUT2D eigenvalue weighted by Crippen LogP contribution is 2.26. The van der Waals surface area contributed by atoms with Crippen molar-refractivity contribution < 1.29 is 9.53 Å². The van der Waals surface area contributed by atoms with E-state index in [-0.39, 0.29) is 17.6 Å². The summed E-state index contributed by atoms with van der Waals surface area (Å²) in [7, 11) is 1.80. The van der Waals surface area contributed by atoms with Crippen molar-refractivity contribution in [1.29, 1.82) is 0 Å². The molecule has 84 valence electrons. The number of amides is 1. The van der Waals surface area contributed by atoms with E-state index in [2.05, 4.69) is 27.7 Å². The molecule has 0 fully saturated rings. The quantitative estimate of drug-likeness (QED) is 0.702. The Labute approximate surface area is 87.4 Å². The van der Waals surface area contributed by atoms with Gasteiger partial charge in [0.2, 0.25) is 0 Å². The van der Waals surface area contributed by atoms with Crippen LogP contribution < -0.4 is 0 Å². The van der Waals surface area contributed by atoms with Crippen molar-refractivity contribution in [3.63, 3.8) is 0 Å². The SMILES string of the molecule is CCOC(=O)N(C)C(CC)C(C)(C)C. The molecule has 3 nitrogen and oxygen atoms in total. The fourth-order valence-corrected chi connectivity index (χ4v) is 1.82. The predicted molar refractivity (Wildman–Crippen MR) is 58.3 cm³/mol. The maximum atomic E-state index is 11.5. The molecule has 0 aromatic carbocycles. The Morgan fingerprint density at radius 1 is 1.36 bits per heavy atom. The molecule has 0 heterocycles. The Bertz CT molecular complexity index is 184. The third-order valence-electron chi connectivity index (χ3n) is 2.41. The molecule has 0 aromatic rings. The van der Waals surface area contributed by atoms with Crippen LogP contribution >= 0.6 is 0 Å². The topological polar surface area (TPSA) is 29.5 Å². The van der Waals surface area contributed by atoms with Crippen molar-refractivity contribution in [3.8, 4) is 0 Å². The summed E-state index contributed by atoms with van der Waals surface area (Å²) in [4.78, 5) is 13.2. The van der Waals surface area contributed by atoms with Gasteiger partial charge in [-0.2, -0.15) is 0 Å². The number of carbonyl (C=O) groups excluding carboxylic acids is 1. The van der Waals surface area contributed by atoms with E-state index < -0.39 is 0 Å². The van der Waals surface area contributed by atoms with E-state index in [0.29, 0.717) is 6.61 Å². The Morgan fingerprint density at radius 3 is 2.14 bits per heavy atom. The number of ether oxygens (including phenoxy) is 1. The van der Waals surface area contributed by atoms with Gasteiger partial charge in [-0.05, 0) is 18.8 Å². The second-order valence-corrected chi connectivity index (χ2v) is 4.60. The Morgan fingerprint density at radius 2 is 1.86 bits per heavy atom. The van der Waals surface area contributed by atoms with Crippen LogP contribution in [0.1, 0.15) is 41.0 Å². The molecule has 0 spiro atoms. The highest BCUT2D eigenvalue weighted by molar-refractivity contribution is 5.67. The van der Waals surface area contributed by atoms with E-state index in [1.54, 1.807) is 11.9 Å². The van der Waals surface area contributed by atoms with Gasteiger partial charge in [-0.15, -0.1) is 0 Å². The van der Waals surface area contributed by atoms with Crippen molar-refractivity contribution >= 4 is 6.09 Å². The lowest BCUT2D eigenvalue weighted by molar-refractivity contribution is 0.0714. The molecular weight excluding hydrogens is 178 g/mol. The molecule has 0 N–H and O–H groups in total. The number of hydrogen-bond donors (Lipinski definition) is 0. The van der Waals surface area contributed by atoms with Gasteiger partial charge in [-0.1, -0.05) is 27.7 Å². The smallest absolute Gasteiger partial charge is 0.409 e. The molecule has 0 aliphatic rings. The molecule has 3 heteroatoms. The summed E-state index contributed by atoms with van der Waals surface area (Å²) >= 11 is 0. The summed E-state index contributed by atoms with van der Waals surface area (Å²) in [6, 6.07) is 0.224. The largest absolute Gasteiger partial charge is 0.450 e. The van der Waals surface area contributed by atoms with Crippen molar-refractivity contribution in [2.45, 2.75) is 47.1 Å². The van der Waals surface area contributed by atoms with E-state index in [4.69, 9.17) is 4.74 Å². The first-order valence-corrected chi connectivity index (χ1v) is 5.24. The van der Waals surface area contributed by atoms with Gasteiger partial charge in [0.05, 0.1) is 6.61 Å². The third kappa shape index (κ3) is 3.56. The minimum atomic E-state index is -0.228. The zero-order valence-corrected chi connectivity index (χ0v) is 10.3. The lowest BCUT2D eigenvalue weighted by Gasteiger charge is -2.36. The first-order valence-electron chi connectivity index (χ1n) is 5.24. The molecule has 1 amide bonds. The average molecular weight is 201 g/mol. The van der Waals surface area contributed by atoms with E-state index >= 15 is 0 Å². The Balaban J connectivity index is 4.46. The molecule has 1 atom stereocenters. The van der Waals surface area contributed by atoms with E-state index in [0.717, 1.165) is 6.42 Å². The van der Waals surface area contributed by atoms with Crippen molar-refractivity contribution in [1.82, 2.24) is 4.90 Å². The third-order valence-corrected chi connectivity index (χ3v) is 2.41. The maximum absolute atomic E-state index is 11.5. The van der Waals surface area contributed by atoms with Crippen LogP contribution in [0.15, 0.2) is 0 Å². The van der Waals surface area contributed by atoms with Crippen molar-refractivity contribution in [2.75, 3.05) is 13.7 Å². The summed E-state index contributed by atoms with van der Waals surface area (Å²) in [6.07, 6.45) is 0.716. The normalized spacial score (nSPS) is 13.6. The zero-order chi connectivity index (χ0) is 11.4. The molecule has 0 radical (unpaired) electrons. The molecule has 0 saturated heterocycles. The summed E-state index contributed by atoms with van der Waals surface area (Å²) in [6.45, 7) is 10.8. The number of rotatable bonds is 3. The maximum Gasteiger partial charge on any atom is 0.409 e. The monoisotopic (exact) mass is 201 g/mol.